The Hall–Kier alpha value is -3.36. The SMILES string of the molecule is O=C(Nc1cnn2ccc(N3CCC[C@@H]3c3cc(F)ccc3F)nc12)N1CC[C@H](OS(=O)(=O)O)C1. The number of carbonyl (C=O) groups is 1. The van der Waals surface area contributed by atoms with E-state index in [0.717, 1.165) is 18.6 Å². The number of rotatable bonds is 5. The maximum Gasteiger partial charge on any atom is 0.397 e. The van der Waals surface area contributed by atoms with Gasteiger partial charge >= 0.3 is 16.4 Å². The average molecular weight is 509 g/mol. The van der Waals surface area contributed by atoms with Crippen LogP contribution >= 0.6 is 0 Å². The second-order valence-corrected chi connectivity index (χ2v) is 9.49. The van der Waals surface area contributed by atoms with Gasteiger partial charge in [-0.05, 0) is 43.5 Å². The lowest BCUT2D eigenvalue weighted by Crippen LogP contribution is -2.34. The zero-order valence-electron chi connectivity index (χ0n) is 18.3. The number of anilines is 2. The number of nitrogens with zero attached hydrogens (tertiary/aromatic N) is 5. The van der Waals surface area contributed by atoms with Crippen LogP contribution in [0.15, 0.2) is 36.7 Å². The van der Waals surface area contributed by atoms with Gasteiger partial charge in [-0.3, -0.25) is 4.55 Å². The molecule has 0 spiro atoms. The molecule has 5 rings (SSSR count). The minimum Gasteiger partial charge on any atom is -0.349 e. The number of aromatic nitrogens is 3. The quantitative estimate of drug-likeness (QED) is 0.504. The average Bonchev–Trinajstić information content (AvgIpc) is 3.54. The highest BCUT2D eigenvalue weighted by molar-refractivity contribution is 7.80. The number of benzene rings is 1. The minimum absolute atomic E-state index is 0.0157. The molecule has 3 aromatic rings. The normalized spacial score (nSPS) is 20.7. The van der Waals surface area contributed by atoms with Crippen molar-refractivity contribution in [3.8, 4) is 0 Å². The summed E-state index contributed by atoms with van der Waals surface area (Å²) < 4.78 is 64.9. The molecule has 14 heteroatoms. The van der Waals surface area contributed by atoms with E-state index in [4.69, 9.17) is 4.55 Å². The number of fused-ring (bicyclic) bond motifs is 1. The summed E-state index contributed by atoms with van der Waals surface area (Å²) in [4.78, 5) is 20.6. The molecular weight excluding hydrogens is 486 g/mol. The molecule has 4 heterocycles. The van der Waals surface area contributed by atoms with Crippen LogP contribution in [0, 0.1) is 11.6 Å². The van der Waals surface area contributed by atoms with E-state index in [1.807, 2.05) is 4.90 Å². The van der Waals surface area contributed by atoms with E-state index in [1.54, 1.807) is 12.3 Å². The fraction of sp³-hybridized carbons (Fsp3) is 0.381. The van der Waals surface area contributed by atoms with Gasteiger partial charge in [0.2, 0.25) is 0 Å². The Morgan fingerprint density at radius 3 is 2.83 bits per heavy atom. The number of urea groups is 1. The molecular formula is C21H22F2N6O5S. The van der Waals surface area contributed by atoms with Crippen molar-refractivity contribution in [2.45, 2.75) is 31.4 Å². The van der Waals surface area contributed by atoms with Crippen LogP contribution in [0.1, 0.15) is 30.9 Å². The highest BCUT2D eigenvalue weighted by Crippen LogP contribution is 2.37. The number of likely N-dealkylation sites (tertiary alicyclic amines) is 1. The Labute approximate surface area is 199 Å². The third-order valence-corrected chi connectivity index (χ3v) is 6.67. The van der Waals surface area contributed by atoms with E-state index in [2.05, 4.69) is 19.6 Å². The van der Waals surface area contributed by atoms with E-state index in [9.17, 15) is 22.0 Å². The van der Waals surface area contributed by atoms with E-state index < -0.39 is 34.2 Å². The molecule has 2 aromatic heterocycles. The number of hydrogen-bond acceptors (Lipinski definition) is 7. The summed E-state index contributed by atoms with van der Waals surface area (Å²) >= 11 is 0. The van der Waals surface area contributed by atoms with Gasteiger partial charge in [0.05, 0.1) is 24.9 Å². The molecule has 2 amide bonds. The Bertz CT molecular complexity index is 1380. The third-order valence-electron chi connectivity index (χ3n) is 6.15. The topological polar surface area (TPSA) is 129 Å². The number of halogens is 2. The molecule has 2 saturated heterocycles. The highest BCUT2D eigenvalue weighted by atomic mass is 32.3. The Kier molecular flexibility index (Phi) is 6.02. The van der Waals surface area contributed by atoms with Crippen LogP contribution in [-0.4, -0.2) is 64.2 Å². The lowest BCUT2D eigenvalue weighted by molar-refractivity contribution is 0.181. The van der Waals surface area contributed by atoms with Gasteiger partial charge in [0, 0.05) is 24.8 Å². The smallest absolute Gasteiger partial charge is 0.349 e. The predicted octanol–water partition coefficient (Wildman–Crippen LogP) is 2.77. The summed E-state index contributed by atoms with van der Waals surface area (Å²) in [5, 5.41) is 6.90. The summed E-state index contributed by atoms with van der Waals surface area (Å²) in [6.45, 7) is 0.819. The van der Waals surface area contributed by atoms with Gasteiger partial charge in [0.1, 0.15) is 23.1 Å². The fourth-order valence-corrected chi connectivity index (χ4v) is 5.10. The molecule has 2 aliphatic rings. The second kappa shape index (κ2) is 9.02. The molecule has 0 saturated carbocycles. The van der Waals surface area contributed by atoms with Crippen molar-refractivity contribution in [3.63, 3.8) is 0 Å². The molecule has 0 radical (unpaired) electrons. The van der Waals surface area contributed by atoms with E-state index in [1.165, 1.54) is 21.7 Å². The summed E-state index contributed by atoms with van der Waals surface area (Å²) in [5.74, 6) is -0.463. The van der Waals surface area contributed by atoms with Gasteiger partial charge in [-0.2, -0.15) is 13.5 Å². The van der Waals surface area contributed by atoms with E-state index in [-0.39, 0.29) is 31.1 Å². The zero-order valence-corrected chi connectivity index (χ0v) is 19.2. The minimum atomic E-state index is -4.61. The lowest BCUT2D eigenvalue weighted by Gasteiger charge is -2.26. The molecule has 2 aliphatic heterocycles. The largest absolute Gasteiger partial charge is 0.397 e. The van der Waals surface area contributed by atoms with Gasteiger partial charge in [0.15, 0.2) is 5.65 Å². The van der Waals surface area contributed by atoms with E-state index in [0.29, 0.717) is 30.1 Å². The molecule has 0 unspecified atom stereocenters. The molecule has 2 fully saturated rings. The van der Waals surface area contributed by atoms with Crippen LogP contribution in [0.4, 0.5) is 25.1 Å². The first-order valence-electron chi connectivity index (χ1n) is 11.0. The van der Waals surface area contributed by atoms with Crippen molar-refractivity contribution >= 4 is 33.6 Å². The number of nitrogens with one attached hydrogen (secondary N) is 1. The van der Waals surface area contributed by atoms with Crippen LogP contribution in [0.3, 0.4) is 0 Å². The predicted molar refractivity (Wildman–Crippen MR) is 120 cm³/mol. The van der Waals surface area contributed by atoms with Crippen molar-refractivity contribution in [2.24, 2.45) is 0 Å². The van der Waals surface area contributed by atoms with Crippen LogP contribution in [0.25, 0.3) is 5.65 Å². The molecule has 2 N–H and O–H groups in total. The van der Waals surface area contributed by atoms with Crippen molar-refractivity contribution in [2.75, 3.05) is 29.9 Å². The highest BCUT2D eigenvalue weighted by Gasteiger charge is 2.32. The third kappa shape index (κ3) is 4.90. The van der Waals surface area contributed by atoms with E-state index >= 15 is 0 Å². The Morgan fingerprint density at radius 1 is 1.20 bits per heavy atom. The number of hydrogen-bond donors (Lipinski definition) is 2. The van der Waals surface area contributed by atoms with Gasteiger partial charge in [-0.1, -0.05) is 0 Å². The standard InChI is InChI=1S/C21H22F2N6O5S/c22-13-3-4-16(23)15(10-13)18-2-1-7-28(18)19-6-9-29-20(26-19)17(11-24-29)25-21(30)27-8-5-14(12-27)34-35(31,32)33/h3-4,6,9-11,14,18H,1-2,5,7-8,12H2,(H,25,30)(H,31,32,33)/t14-,18+/m0/s1. The van der Waals surface area contributed by atoms with Crippen LogP contribution < -0.4 is 10.2 Å². The van der Waals surface area contributed by atoms with Crippen LogP contribution in [0.5, 0.6) is 0 Å². The maximum atomic E-state index is 14.5. The second-order valence-electron chi connectivity index (χ2n) is 8.44. The molecule has 186 valence electrons. The number of carbonyl (C=O) groups excluding carboxylic acids is 1. The first-order valence-corrected chi connectivity index (χ1v) is 12.3. The van der Waals surface area contributed by atoms with Crippen LogP contribution in [0.2, 0.25) is 0 Å². The van der Waals surface area contributed by atoms with Gasteiger partial charge in [-0.25, -0.2) is 27.3 Å². The zero-order chi connectivity index (χ0) is 24.7. The first kappa shape index (κ1) is 23.4. The molecule has 1 aromatic carbocycles. The van der Waals surface area contributed by atoms with Crippen molar-refractivity contribution < 1.29 is 30.7 Å². The summed E-state index contributed by atoms with van der Waals surface area (Å²) in [6, 6.07) is 4.24. The molecule has 0 aliphatic carbocycles. The maximum absolute atomic E-state index is 14.5. The van der Waals surface area contributed by atoms with Crippen LogP contribution in [-0.2, 0) is 14.6 Å². The van der Waals surface area contributed by atoms with Gasteiger partial charge in [-0.15, -0.1) is 0 Å². The van der Waals surface area contributed by atoms with Crippen molar-refractivity contribution in [1.82, 2.24) is 19.5 Å². The van der Waals surface area contributed by atoms with Crippen molar-refractivity contribution in [1.29, 1.82) is 0 Å². The van der Waals surface area contributed by atoms with Crippen molar-refractivity contribution in [3.05, 3.63) is 53.9 Å². The van der Waals surface area contributed by atoms with Gasteiger partial charge < -0.3 is 15.1 Å². The number of amides is 2. The molecule has 35 heavy (non-hydrogen) atoms. The summed E-state index contributed by atoms with van der Waals surface area (Å²) in [5.41, 5.74) is 0.941. The molecule has 2 atom stereocenters. The first-order chi connectivity index (χ1) is 16.7. The summed E-state index contributed by atoms with van der Waals surface area (Å²) in [7, 11) is -4.61. The summed E-state index contributed by atoms with van der Waals surface area (Å²) in [6.07, 6.45) is 3.92. The Balaban J connectivity index is 1.35. The molecule has 11 nitrogen and oxygen atoms in total. The fourth-order valence-electron chi connectivity index (χ4n) is 4.60. The Morgan fingerprint density at radius 2 is 2.03 bits per heavy atom. The molecule has 0 bridgehead atoms. The monoisotopic (exact) mass is 508 g/mol. The van der Waals surface area contributed by atoms with Gasteiger partial charge in [0.25, 0.3) is 0 Å². The lowest BCUT2D eigenvalue weighted by atomic mass is 10.0.